The maximum atomic E-state index is 12.6. The van der Waals surface area contributed by atoms with Crippen LogP contribution in [0.3, 0.4) is 0 Å². The standard InChI is InChI=1S/C18H20N2O4S/c1-2-24-14-7-5-12(6-8-14)16-19-15(11-25-16)17(21)20-9-3-4-13(10-20)18(22)23/h5-8,11,13H,2-4,9-10H2,1H3,(H,22,23). The van der Waals surface area contributed by atoms with Crippen molar-refractivity contribution < 1.29 is 19.4 Å². The topological polar surface area (TPSA) is 79.7 Å². The molecule has 0 aliphatic carbocycles. The Balaban J connectivity index is 1.72. The molecule has 1 aromatic carbocycles. The molecule has 0 radical (unpaired) electrons. The Labute approximate surface area is 150 Å². The van der Waals surface area contributed by atoms with Crippen LogP contribution in [-0.2, 0) is 4.79 Å². The normalized spacial score (nSPS) is 17.3. The summed E-state index contributed by atoms with van der Waals surface area (Å²) in [6.07, 6.45) is 1.33. The van der Waals surface area contributed by atoms with E-state index < -0.39 is 11.9 Å². The molecule has 1 aliphatic rings. The number of carbonyl (C=O) groups excluding carboxylic acids is 1. The SMILES string of the molecule is CCOc1ccc(-c2nc(C(=O)N3CCCC(C(=O)O)C3)cs2)cc1. The van der Waals surface area contributed by atoms with Gasteiger partial charge in [0.2, 0.25) is 0 Å². The van der Waals surface area contributed by atoms with Crippen molar-refractivity contribution in [2.45, 2.75) is 19.8 Å². The minimum atomic E-state index is -0.842. The van der Waals surface area contributed by atoms with Gasteiger partial charge >= 0.3 is 5.97 Å². The number of ether oxygens (including phenoxy) is 1. The molecule has 1 amide bonds. The van der Waals surface area contributed by atoms with Crippen LogP contribution < -0.4 is 4.74 Å². The molecule has 2 aromatic rings. The molecule has 6 nitrogen and oxygen atoms in total. The Bertz CT molecular complexity index is 757. The molecular formula is C18H20N2O4S. The minimum Gasteiger partial charge on any atom is -0.494 e. The second-order valence-electron chi connectivity index (χ2n) is 5.92. The lowest BCUT2D eigenvalue weighted by Gasteiger charge is -2.30. The molecule has 0 bridgehead atoms. The van der Waals surface area contributed by atoms with Crippen LogP contribution in [0.4, 0.5) is 0 Å². The molecule has 1 fully saturated rings. The highest BCUT2D eigenvalue weighted by molar-refractivity contribution is 7.13. The molecule has 2 heterocycles. The highest BCUT2D eigenvalue weighted by atomic mass is 32.1. The van der Waals surface area contributed by atoms with Crippen molar-refractivity contribution in [1.29, 1.82) is 0 Å². The van der Waals surface area contributed by atoms with Crippen LogP contribution in [0.1, 0.15) is 30.3 Å². The number of likely N-dealkylation sites (tertiary alicyclic amines) is 1. The zero-order chi connectivity index (χ0) is 17.8. The third-order valence-corrected chi connectivity index (χ3v) is 5.08. The molecule has 0 saturated carbocycles. The zero-order valence-electron chi connectivity index (χ0n) is 14.0. The molecule has 7 heteroatoms. The van der Waals surface area contributed by atoms with Gasteiger partial charge < -0.3 is 14.7 Å². The zero-order valence-corrected chi connectivity index (χ0v) is 14.8. The number of hydrogen-bond donors (Lipinski definition) is 1. The molecule has 1 N–H and O–H groups in total. The Morgan fingerprint density at radius 2 is 2.12 bits per heavy atom. The van der Waals surface area contributed by atoms with Gasteiger partial charge in [-0.3, -0.25) is 9.59 Å². The van der Waals surface area contributed by atoms with Gasteiger partial charge in [-0.1, -0.05) is 0 Å². The number of carbonyl (C=O) groups is 2. The first-order valence-corrected chi connectivity index (χ1v) is 9.17. The number of carboxylic acid groups (broad SMARTS) is 1. The van der Waals surface area contributed by atoms with Gasteiger partial charge in [0.25, 0.3) is 5.91 Å². The van der Waals surface area contributed by atoms with Crippen molar-refractivity contribution >= 4 is 23.2 Å². The molecular weight excluding hydrogens is 340 g/mol. The van der Waals surface area contributed by atoms with Gasteiger partial charge in [0, 0.05) is 24.0 Å². The summed E-state index contributed by atoms with van der Waals surface area (Å²) in [5.41, 5.74) is 1.30. The second kappa shape index (κ2) is 7.65. The first-order chi connectivity index (χ1) is 12.1. The smallest absolute Gasteiger partial charge is 0.308 e. The van der Waals surface area contributed by atoms with E-state index in [-0.39, 0.29) is 12.5 Å². The molecule has 1 aromatic heterocycles. The lowest BCUT2D eigenvalue weighted by molar-refractivity contribution is -0.143. The van der Waals surface area contributed by atoms with Crippen molar-refractivity contribution in [3.05, 3.63) is 35.3 Å². The van der Waals surface area contributed by atoms with Crippen molar-refractivity contribution in [3.8, 4) is 16.3 Å². The predicted octanol–water partition coefficient (Wildman–Crippen LogP) is 3.15. The van der Waals surface area contributed by atoms with Gasteiger partial charge in [0.15, 0.2) is 0 Å². The fraction of sp³-hybridized carbons (Fsp3) is 0.389. The van der Waals surface area contributed by atoms with E-state index >= 15 is 0 Å². The molecule has 25 heavy (non-hydrogen) atoms. The Morgan fingerprint density at radius 3 is 2.80 bits per heavy atom. The summed E-state index contributed by atoms with van der Waals surface area (Å²) in [7, 11) is 0. The van der Waals surface area contributed by atoms with Crippen LogP contribution in [0.5, 0.6) is 5.75 Å². The maximum Gasteiger partial charge on any atom is 0.308 e. The summed E-state index contributed by atoms with van der Waals surface area (Å²) >= 11 is 1.41. The Morgan fingerprint density at radius 1 is 1.36 bits per heavy atom. The van der Waals surface area contributed by atoms with E-state index in [9.17, 15) is 9.59 Å². The number of aromatic nitrogens is 1. The van der Waals surface area contributed by atoms with Crippen LogP contribution in [0.2, 0.25) is 0 Å². The molecule has 1 atom stereocenters. The minimum absolute atomic E-state index is 0.195. The number of piperidine rings is 1. The number of rotatable bonds is 5. The van der Waals surface area contributed by atoms with E-state index in [2.05, 4.69) is 4.98 Å². The second-order valence-corrected chi connectivity index (χ2v) is 6.78. The average Bonchev–Trinajstić information content (AvgIpc) is 3.12. The van der Waals surface area contributed by atoms with Gasteiger partial charge in [0.05, 0.1) is 12.5 Å². The summed E-state index contributed by atoms with van der Waals surface area (Å²) < 4.78 is 5.42. The highest BCUT2D eigenvalue weighted by Crippen LogP contribution is 2.27. The number of carboxylic acids is 1. The summed E-state index contributed by atoms with van der Waals surface area (Å²) in [5, 5.41) is 11.7. The molecule has 132 valence electrons. The van der Waals surface area contributed by atoms with Gasteiger partial charge in [-0.25, -0.2) is 4.98 Å². The molecule has 1 aliphatic heterocycles. The number of hydrogen-bond acceptors (Lipinski definition) is 5. The number of aliphatic carboxylic acids is 1. The lowest BCUT2D eigenvalue weighted by atomic mass is 9.98. The first-order valence-electron chi connectivity index (χ1n) is 8.29. The predicted molar refractivity (Wildman–Crippen MR) is 95.0 cm³/mol. The van der Waals surface area contributed by atoms with Crippen molar-refractivity contribution in [3.63, 3.8) is 0 Å². The van der Waals surface area contributed by atoms with Crippen LogP contribution in [0.25, 0.3) is 10.6 Å². The summed E-state index contributed by atoms with van der Waals surface area (Å²) in [5.74, 6) is -0.723. The number of amides is 1. The van der Waals surface area contributed by atoms with Crippen LogP contribution in [0.15, 0.2) is 29.6 Å². The number of thiazole rings is 1. The van der Waals surface area contributed by atoms with Gasteiger partial charge in [-0.2, -0.15) is 0 Å². The van der Waals surface area contributed by atoms with E-state index in [1.54, 1.807) is 10.3 Å². The van der Waals surface area contributed by atoms with E-state index in [4.69, 9.17) is 9.84 Å². The molecule has 3 rings (SSSR count). The van der Waals surface area contributed by atoms with E-state index in [0.29, 0.717) is 31.7 Å². The quantitative estimate of drug-likeness (QED) is 0.886. The largest absolute Gasteiger partial charge is 0.494 e. The summed E-state index contributed by atoms with van der Waals surface area (Å²) in [4.78, 5) is 29.8. The monoisotopic (exact) mass is 360 g/mol. The third-order valence-electron chi connectivity index (χ3n) is 4.19. The fourth-order valence-corrected chi connectivity index (χ4v) is 3.69. The van der Waals surface area contributed by atoms with Crippen molar-refractivity contribution in [2.75, 3.05) is 19.7 Å². The number of benzene rings is 1. The summed E-state index contributed by atoms with van der Waals surface area (Å²) in [6.45, 7) is 3.38. The maximum absolute atomic E-state index is 12.6. The number of nitrogens with zero attached hydrogens (tertiary/aromatic N) is 2. The van der Waals surface area contributed by atoms with Crippen LogP contribution in [0, 0.1) is 5.92 Å². The first kappa shape index (κ1) is 17.4. The van der Waals surface area contributed by atoms with E-state index in [1.165, 1.54) is 11.3 Å². The van der Waals surface area contributed by atoms with Crippen molar-refractivity contribution in [1.82, 2.24) is 9.88 Å². The van der Waals surface area contributed by atoms with Gasteiger partial charge in [0.1, 0.15) is 16.5 Å². The molecule has 1 saturated heterocycles. The molecule has 1 unspecified atom stereocenters. The van der Waals surface area contributed by atoms with E-state index in [1.807, 2.05) is 31.2 Å². The Hall–Kier alpha value is -2.41. The third kappa shape index (κ3) is 3.99. The lowest BCUT2D eigenvalue weighted by Crippen LogP contribution is -2.42. The average molecular weight is 360 g/mol. The van der Waals surface area contributed by atoms with E-state index in [0.717, 1.165) is 16.3 Å². The highest BCUT2D eigenvalue weighted by Gasteiger charge is 2.29. The fourth-order valence-electron chi connectivity index (χ4n) is 2.89. The van der Waals surface area contributed by atoms with Crippen molar-refractivity contribution in [2.24, 2.45) is 5.92 Å². The Kier molecular flexibility index (Phi) is 5.33. The molecule has 0 spiro atoms. The van der Waals surface area contributed by atoms with Gasteiger partial charge in [-0.05, 0) is 44.0 Å². The summed E-state index contributed by atoms with van der Waals surface area (Å²) in [6, 6.07) is 7.59. The van der Waals surface area contributed by atoms with Crippen LogP contribution >= 0.6 is 11.3 Å². The van der Waals surface area contributed by atoms with Gasteiger partial charge in [-0.15, -0.1) is 11.3 Å². The van der Waals surface area contributed by atoms with Crippen LogP contribution in [-0.4, -0.2) is 46.6 Å².